The Bertz CT molecular complexity index is 576. The summed E-state index contributed by atoms with van der Waals surface area (Å²) >= 11 is 0. The van der Waals surface area contributed by atoms with Gasteiger partial charge in [0.15, 0.2) is 5.78 Å². The van der Waals surface area contributed by atoms with Crippen LogP contribution in [0.3, 0.4) is 0 Å². The Morgan fingerprint density at radius 3 is 2.76 bits per heavy atom. The molecule has 0 amide bonds. The zero-order chi connectivity index (χ0) is 12.4. The number of rotatable bonds is 3. The van der Waals surface area contributed by atoms with Gasteiger partial charge in [-0.3, -0.25) is 14.9 Å². The van der Waals surface area contributed by atoms with Crippen LogP contribution in [0.4, 0.5) is 5.69 Å². The van der Waals surface area contributed by atoms with Gasteiger partial charge in [-0.15, -0.1) is 0 Å². The molecule has 0 atom stereocenters. The van der Waals surface area contributed by atoms with E-state index in [0.717, 1.165) is 0 Å². The first-order valence-corrected chi connectivity index (χ1v) is 4.87. The summed E-state index contributed by atoms with van der Waals surface area (Å²) in [5.41, 5.74) is 0.584. The van der Waals surface area contributed by atoms with Crippen LogP contribution < -0.4 is 0 Å². The van der Waals surface area contributed by atoms with Gasteiger partial charge in [-0.2, -0.15) is 0 Å². The second-order valence-electron chi connectivity index (χ2n) is 3.48. The van der Waals surface area contributed by atoms with E-state index < -0.39 is 4.92 Å². The molecule has 0 aliphatic carbocycles. The average Bonchev–Trinajstić information content (AvgIpc) is 2.81. The van der Waals surface area contributed by atoms with Crippen LogP contribution in [0, 0.1) is 10.1 Å². The van der Waals surface area contributed by atoms with Crippen LogP contribution in [0.2, 0.25) is 0 Å². The van der Waals surface area contributed by atoms with E-state index in [0.29, 0.717) is 5.69 Å². The third kappa shape index (κ3) is 2.05. The van der Waals surface area contributed by atoms with Crippen LogP contribution in [0.1, 0.15) is 17.3 Å². The van der Waals surface area contributed by atoms with Crippen LogP contribution in [-0.2, 0) is 0 Å². The first kappa shape index (κ1) is 11.0. The van der Waals surface area contributed by atoms with E-state index in [9.17, 15) is 14.9 Å². The molecule has 2 rings (SSSR count). The number of benzene rings is 1. The number of carbonyl (C=O) groups is 1. The third-order valence-corrected chi connectivity index (χ3v) is 2.36. The molecule has 0 N–H and O–H groups in total. The Morgan fingerprint density at radius 2 is 2.24 bits per heavy atom. The van der Waals surface area contributed by atoms with Crippen molar-refractivity contribution in [3.8, 4) is 5.69 Å². The molecule has 1 aromatic heterocycles. The van der Waals surface area contributed by atoms with Crippen molar-refractivity contribution in [1.82, 2.24) is 9.55 Å². The van der Waals surface area contributed by atoms with Crippen LogP contribution in [0.15, 0.2) is 36.9 Å². The van der Waals surface area contributed by atoms with Gasteiger partial charge in [-0.1, -0.05) is 0 Å². The summed E-state index contributed by atoms with van der Waals surface area (Å²) in [6.45, 7) is 1.31. The summed E-state index contributed by atoms with van der Waals surface area (Å²) in [5, 5.41) is 10.8. The first-order chi connectivity index (χ1) is 8.09. The molecule has 86 valence electrons. The molecular formula is C11H9N3O3. The van der Waals surface area contributed by atoms with E-state index >= 15 is 0 Å². The molecule has 0 aliphatic rings. The van der Waals surface area contributed by atoms with Crippen molar-refractivity contribution in [2.45, 2.75) is 6.92 Å². The summed E-state index contributed by atoms with van der Waals surface area (Å²) in [5.74, 6) is -0.335. The van der Waals surface area contributed by atoms with Gasteiger partial charge in [-0.25, -0.2) is 4.98 Å². The normalized spacial score (nSPS) is 10.2. The number of Topliss-reactive ketones (excluding diaryl/α,β-unsaturated/α-hetero) is 1. The Morgan fingerprint density at radius 1 is 1.47 bits per heavy atom. The largest absolute Gasteiger partial charge is 0.306 e. The molecule has 0 saturated carbocycles. The Balaban J connectivity index is 2.57. The molecule has 0 saturated heterocycles. The summed E-state index contributed by atoms with van der Waals surface area (Å²) < 4.78 is 1.68. The Hall–Kier alpha value is -2.50. The van der Waals surface area contributed by atoms with E-state index in [1.165, 1.54) is 19.1 Å². The van der Waals surface area contributed by atoms with Crippen LogP contribution >= 0.6 is 0 Å². The minimum Gasteiger partial charge on any atom is -0.306 e. The predicted octanol–water partition coefficient (Wildman–Crippen LogP) is 1.98. The van der Waals surface area contributed by atoms with Crippen molar-refractivity contribution in [1.29, 1.82) is 0 Å². The van der Waals surface area contributed by atoms with Crippen LogP contribution in [0.25, 0.3) is 5.69 Å². The highest BCUT2D eigenvalue weighted by molar-refractivity contribution is 5.98. The van der Waals surface area contributed by atoms with Gasteiger partial charge in [0.1, 0.15) is 0 Å². The molecule has 0 radical (unpaired) electrons. The van der Waals surface area contributed by atoms with E-state index in [1.54, 1.807) is 29.4 Å². The van der Waals surface area contributed by atoms with Crippen molar-refractivity contribution >= 4 is 11.5 Å². The molecule has 6 heteroatoms. The number of imidazole rings is 1. The number of hydrogen-bond acceptors (Lipinski definition) is 4. The monoisotopic (exact) mass is 231 g/mol. The fourth-order valence-electron chi connectivity index (χ4n) is 1.54. The standard InChI is InChI=1S/C11H9N3O3/c1-8(15)10-6-9(13-5-4-12-7-13)2-3-11(10)14(16)17/h2-7H,1H3. The lowest BCUT2D eigenvalue weighted by atomic mass is 10.1. The zero-order valence-electron chi connectivity index (χ0n) is 9.03. The van der Waals surface area contributed by atoms with Gasteiger partial charge in [0.2, 0.25) is 0 Å². The number of nitro groups is 1. The van der Waals surface area contributed by atoms with E-state index in [2.05, 4.69) is 4.98 Å². The van der Waals surface area contributed by atoms with E-state index in [-0.39, 0.29) is 17.0 Å². The number of hydrogen-bond donors (Lipinski definition) is 0. The van der Waals surface area contributed by atoms with Crippen molar-refractivity contribution in [3.63, 3.8) is 0 Å². The number of nitro benzene ring substituents is 1. The lowest BCUT2D eigenvalue weighted by molar-refractivity contribution is -0.385. The van der Waals surface area contributed by atoms with Crippen LogP contribution in [-0.4, -0.2) is 20.3 Å². The highest BCUT2D eigenvalue weighted by Gasteiger charge is 2.17. The highest BCUT2D eigenvalue weighted by Crippen LogP contribution is 2.22. The molecule has 1 heterocycles. The van der Waals surface area contributed by atoms with E-state index in [4.69, 9.17) is 0 Å². The summed E-state index contributed by atoms with van der Waals surface area (Å²) in [6.07, 6.45) is 4.85. The van der Waals surface area contributed by atoms with Crippen molar-refractivity contribution < 1.29 is 9.72 Å². The summed E-state index contributed by atoms with van der Waals surface area (Å²) in [6, 6.07) is 4.39. The number of aromatic nitrogens is 2. The molecule has 0 fully saturated rings. The zero-order valence-corrected chi connectivity index (χ0v) is 9.03. The number of ketones is 1. The number of carbonyl (C=O) groups excluding carboxylic acids is 1. The third-order valence-electron chi connectivity index (χ3n) is 2.36. The van der Waals surface area contributed by atoms with Crippen LogP contribution in [0.5, 0.6) is 0 Å². The summed E-state index contributed by atoms with van der Waals surface area (Å²) in [4.78, 5) is 25.4. The minimum absolute atomic E-state index is 0.0983. The van der Waals surface area contributed by atoms with Gasteiger partial charge in [0, 0.05) is 24.1 Å². The van der Waals surface area contributed by atoms with Gasteiger partial charge in [0.05, 0.1) is 16.8 Å². The quantitative estimate of drug-likeness (QED) is 0.459. The fraction of sp³-hybridized carbons (Fsp3) is 0.0909. The maximum atomic E-state index is 11.4. The fourth-order valence-corrected chi connectivity index (χ4v) is 1.54. The topological polar surface area (TPSA) is 78.0 Å². The minimum atomic E-state index is -0.561. The van der Waals surface area contributed by atoms with Gasteiger partial charge < -0.3 is 4.57 Å². The molecule has 1 aromatic carbocycles. The first-order valence-electron chi connectivity index (χ1n) is 4.87. The molecule has 0 aliphatic heterocycles. The molecule has 17 heavy (non-hydrogen) atoms. The molecule has 0 spiro atoms. The molecular weight excluding hydrogens is 222 g/mol. The SMILES string of the molecule is CC(=O)c1cc(-n2ccnc2)ccc1[N+](=O)[O-]. The molecule has 2 aromatic rings. The molecule has 6 nitrogen and oxygen atoms in total. The van der Waals surface area contributed by atoms with Gasteiger partial charge in [0.25, 0.3) is 5.69 Å². The van der Waals surface area contributed by atoms with Crippen molar-refractivity contribution in [2.24, 2.45) is 0 Å². The second kappa shape index (κ2) is 4.17. The lowest BCUT2D eigenvalue weighted by Gasteiger charge is -2.04. The highest BCUT2D eigenvalue weighted by atomic mass is 16.6. The molecule has 0 unspecified atom stereocenters. The van der Waals surface area contributed by atoms with Gasteiger partial charge in [-0.05, 0) is 19.1 Å². The van der Waals surface area contributed by atoms with E-state index in [1.807, 2.05) is 0 Å². The smallest absolute Gasteiger partial charge is 0.280 e. The predicted molar refractivity (Wildman–Crippen MR) is 60.2 cm³/mol. The summed E-state index contributed by atoms with van der Waals surface area (Å²) in [7, 11) is 0. The number of nitrogens with zero attached hydrogens (tertiary/aromatic N) is 3. The Labute approximate surface area is 96.7 Å². The Kier molecular flexibility index (Phi) is 2.70. The maximum Gasteiger partial charge on any atom is 0.280 e. The van der Waals surface area contributed by atoms with Crippen molar-refractivity contribution in [2.75, 3.05) is 0 Å². The average molecular weight is 231 g/mol. The van der Waals surface area contributed by atoms with Crippen molar-refractivity contribution in [3.05, 3.63) is 52.6 Å². The lowest BCUT2D eigenvalue weighted by Crippen LogP contribution is -2.02. The second-order valence-corrected chi connectivity index (χ2v) is 3.48. The molecule has 0 bridgehead atoms. The van der Waals surface area contributed by atoms with Gasteiger partial charge >= 0.3 is 0 Å². The maximum absolute atomic E-state index is 11.4.